The summed E-state index contributed by atoms with van der Waals surface area (Å²) in [5.74, 6) is -0.917. The summed E-state index contributed by atoms with van der Waals surface area (Å²) in [6.45, 7) is 6.46. The summed E-state index contributed by atoms with van der Waals surface area (Å²) in [7, 11) is 0. The normalized spacial score (nSPS) is 12.6. The summed E-state index contributed by atoms with van der Waals surface area (Å²) < 4.78 is 16.8. The Labute approximate surface area is 382 Å². The molecule has 6 nitrogen and oxygen atoms in total. The Morgan fingerprint density at radius 2 is 0.629 bits per heavy atom. The molecule has 0 bridgehead atoms. The Kier molecular flexibility index (Phi) is 47.9. The van der Waals surface area contributed by atoms with E-state index in [9.17, 15) is 14.4 Å². The summed E-state index contributed by atoms with van der Waals surface area (Å²) in [5.41, 5.74) is 0. The van der Waals surface area contributed by atoms with E-state index in [1.54, 1.807) is 0 Å². The zero-order chi connectivity index (χ0) is 45.1. The minimum atomic E-state index is -0.787. The number of rotatable bonds is 46. The number of carbonyl (C=O) groups excluding carboxylic acids is 3. The van der Waals surface area contributed by atoms with Gasteiger partial charge in [-0.25, -0.2) is 0 Å². The van der Waals surface area contributed by atoms with Crippen LogP contribution in [0.1, 0.15) is 245 Å². The molecule has 0 aliphatic rings. The average molecular weight is 865 g/mol. The van der Waals surface area contributed by atoms with Crippen LogP contribution in [-0.4, -0.2) is 37.2 Å². The van der Waals surface area contributed by atoms with Gasteiger partial charge >= 0.3 is 17.9 Å². The molecule has 62 heavy (non-hydrogen) atoms. The van der Waals surface area contributed by atoms with Gasteiger partial charge in [0.1, 0.15) is 13.2 Å². The van der Waals surface area contributed by atoms with Gasteiger partial charge in [-0.15, -0.1) is 0 Å². The highest BCUT2D eigenvalue weighted by molar-refractivity contribution is 5.71. The first kappa shape index (κ1) is 58.9. The van der Waals surface area contributed by atoms with Gasteiger partial charge in [-0.1, -0.05) is 209 Å². The molecule has 0 aromatic heterocycles. The third-order valence-corrected chi connectivity index (χ3v) is 10.9. The second-order valence-corrected chi connectivity index (χ2v) is 17.1. The summed E-state index contributed by atoms with van der Waals surface area (Å²) in [5, 5.41) is 0. The van der Waals surface area contributed by atoms with Crippen LogP contribution in [0.4, 0.5) is 0 Å². The number of esters is 3. The van der Waals surface area contributed by atoms with Gasteiger partial charge in [0, 0.05) is 19.3 Å². The predicted octanol–water partition coefficient (Wildman–Crippen LogP) is 17.0. The highest BCUT2D eigenvalue weighted by atomic mass is 16.6. The lowest BCUT2D eigenvalue weighted by atomic mass is 10.1. The molecule has 6 heteroatoms. The fourth-order valence-corrected chi connectivity index (χ4v) is 7.05. The van der Waals surface area contributed by atoms with Crippen molar-refractivity contribution in [1.82, 2.24) is 0 Å². The summed E-state index contributed by atoms with van der Waals surface area (Å²) in [6.07, 6.45) is 63.1. The first-order valence-electron chi connectivity index (χ1n) is 25.9. The number of hydrogen-bond acceptors (Lipinski definition) is 6. The first-order chi connectivity index (χ1) is 30.5. The molecular weight excluding hydrogens is 769 g/mol. The van der Waals surface area contributed by atoms with Crippen LogP contribution in [0.15, 0.2) is 72.9 Å². The van der Waals surface area contributed by atoms with Crippen LogP contribution in [0.5, 0.6) is 0 Å². The Morgan fingerprint density at radius 3 is 1.02 bits per heavy atom. The molecule has 356 valence electrons. The predicted molar refractivity (Wildman–Crippen MR) is 265 cm³/mol. The molecule has 0 fully saturated rings. The SMILES string of the molecule is CC/C=C\C/C=C\C/C=C\C/C=C\CCCCCCC(=O)OCC(COC(=O)CCCCCCCCCCCC)OC(=O)CCCCCCCCC/C=C\C/C=C\CCCCC. The van der Waals surface area contributed by atoms with Gasteiger partial charge < -0.3 is 14.2 Å². The van der Waals surface area contributed by atoms with Gasteiger partial charge in [0.05, 0.1) is 0 Å². The summed E-state index contributed by atoms with van der Waals surface area (Å²) >= 11 is 0. The quantitative estimate of drug-likeness (QED) is 0.0262. The van der Waals surface area contributed by atoms with Gasteiger partial charge in [-0.2, -0.15) is 0 Å². The van der Waals surface area contributed by atoms with E-state index >= 15 is 0 Å². The lowest BCUT2D eigenvalue weighted by molar-refractivity contribution is -0.167. The van der Waals surface area contributed by atoms with Crippen molar-refractivity contribution in [3.63, 3.8) is 0 Å². The number of unbranched alkanes of at least 4 members (excludes halogenated alkanes) is 23. The van der Waals surface area contributed by atoms with E-state index in [4.69, 9.17) is 14.2 Å². The summed E-state index contributed by atoms with van der Waals surface area (Å²) in [6, 6.07) is 0. The van der Waals surface area contributed by atoms with Gasteiger partial charge in [0.2, 0.25) is 0 Å². The lowest BCUT2D eigenvalue weighted by Crippen LogP contribution is -2.30. The molecule has 0 N–H and O–H groups in total. The molecule has 1 atom stereocenters. The Morgan fingerprint density at radius 1 is 0.339 bits per heavy atom. The van der Waals surface area contributed by atoms with Crippen LogP contribution >= 0.6 is 0 Å². The highest BCUT2D eigenvalue weighted by Gasteiger charge is 2.19. The second kappa shape index (κ2) is 50.5. The van der Waals surface area contributed by atoms with E-state index in [1.807, 2.05) is 0 Å². The fraction of sp³-hybridized carbons (Fsp3) is 0.732. The maximum atomic E-state index is 12.8. The van der Waals surface area contributed by atoms with E-state index in [-0.39, 0.29) is 31.1 Å². The molecule has 0 aromatic rings. The Bertz CT molecular complexity index is 1180. The first-order valence-corrected chi connectivity index (χ1v) is 25.9. The number of allylic oxidation sites excluding steroid dienone is 12. The summed E-state index contributed by atoms with van der Waals surface area (Å²) in [4.78, 5) is 37.9. The molecule has 0 radical (unpaired) electrons. The van der Waals surface area contributed by atoms with Crippen molar-refractivity contribution in [2.45, 2.75) is 252 Å². The third kappa shape index (κ3) is 47.9. The maximum Gasteiger partial charge on any atom is 0.306 e. The zero-order valence-electron chi connectivity index (χ0n) is 40.6. The van der Waals surface area contributed by atoms with Crippen LogP contribution in [-0.2, 0) is 28.6 Å². The fourth-order valence-electron chi connectivity index (χ4n) is 7.05. The number of ether oxygens (including phenoxy) is 3. The smallest absolute Gasteiger partial charge is 0.306 e. The molecule has 0 aliphatic heterocycles. The Hall–Kier alpha value is -3.15. The van der Waals surface area contributed by atoms with Crippen molar-refractivity contribution in [2.75, 3.05) is 13.2 Å². The van der Waals surface area contributed by atoms with Crippen molar-refractivity contribution >= 4 is 17.9 Å². The molecule has 1 unspecified atom stereocenters. The van der Waals surface area contributed by atoms with Crippen molar-refractivity contribution in [3.8, 4) is 0 Å². The van der Waals surface area contributed by atoms with Crippen molar-refractivity contribution in [1.29, 1.82) is 0 Å². The minimum absolute atomic E-state index is 0.0855. The van der Waals surface area contributed by atoms with Crippen molar-refractivity contribution < 1.29 is 28.6 Å². The van der Waals surface area contributed by atoms with Gasteiger partial charge in [0.15, 0.2) is 6.10 Å². The van der Waals surface area contributed by atoms with E-state index < -0.39 is 6.10 Å². The average Bonchev–Trinajstić information content (AvgIpc) is 3.27. The van der Waals surface area contributed by atoms with E-state index in [0.29, 0.717) is 19.3 Å². The molecule has 0 heterocycles. The number of carbonyl (C=O) groups is 3. The van der Waals surface area contributed by atoms with Crippen molar-refractivity contribution in [3.05, 3.63) is 72.9 Å². The van der Waals surface area contributed by atoms with E-state index in [2.05, 4.69) is 93.7 Å². The van der Waals surface area contributed by atoms with E-state index in [0.717, 1.165) is 109 Å². The molecule has 0 aliphatic carbocycles. The molecular formula is C56H96O6. The molecule has 0 amide bonds. The monoisotopic (exact) mass is 865 g/mol. The number of hydrogen-bond donors (Lipinski definition) is 0. The molecule has 0 saturated carbocycles. The largest absolute Gasteiger partial charge is 0.462 e. The van der Waals surface area contributed by atoms with Gasteiger partial charge in [-0.05, 0) is 89.9 Å². The topological polar surface area (TPSA) is 78.9 Å². The third-order valence-electron chi connectivity index (χ3n) is 10.9. The van der Waals surface area contributed by atoms with Gasteiger partial charge in [-0.3, -0.25) is 14.4 Å². The van der Waals surface area contributed by atoms with Crippen molar-refractivity contribution in [2.24, 2.45) is 0 Å². The van der Waals surface area contributed by atoms with Crippen LogP contribution in [0.25, 0.3) is 0 Å². The zero-order valence-corrected chi connectivity index (χ0v) is 40.6. The van der Waals surface area contributed by atoms with Gasteiger partial charge in [0.25, 0.3) is 0 Å². The van der Waals surface area contributed by atoms with Crippen LogP contribution in [0, 0.1) is 0 Å². The molecule has 0 aromatic carbocycles. The molecule has 0 saturated heterocycles. The standard InChI is InChI=1S/C56H96O6/c1-4-7-10-13-16-19-22-24-26-28-30-32-34-37-40-43-46-49-55(58)61-52-53(51-60-54(57)48-45-42-39-36-21-18-15-12-9-6-3)62-56(59)50-47-44-41-38-35-33-31-29-27-25-23-20-17-14-11-8-5-2/h7,10,16-17,19-20,24-27,30,32,53H,4-6,8-9,11-15,18,21-23,28-29,31,33-52H2,1-3H3/b10-7-,19-16-,20-17-,26-24-,27-25-,32-30-. The van der Waals surface area contributed by atoms with Crippen LogP contribution < -0.4 is 0 Å². The maximum absolute atomic E-state index is 12.8. The molecule has 0 spiro atoms. The second-order valence-electron chi connectivity index (χ2n) is 17.1. The minimum Gasteiger partial charge on any atom is -0.462 e. The lowest BCUT2D eigenvalue weighted by Gasteiger charge is -2.18. The Balaban J connectivity index is 4.40. The molecule has 0 rings (SSSR count). The highest BCUT2D eigenvalue weighted by Crippen LogP contribution is 2.14. The van der Waals surface area contributed by atoms with Crippen LogP contribution in [0.2, 0.25) is 0 Å². The van der Waals surface area contributed by atoms with Crippen LogP contribution in [0.3, 0.4) is 0 Å². The van der Waals surface area contributed by atoms with E-state index in [1.165, 1.54) is 96.3 Å².